The smallest absolute Gasteiger partial charge is 0.335 e. The molecule has 34 heavy (non-hydrogen) atoms. The van der Waals surface area contributed by atoms with Gasteiger partial charge in [0, 0.05) is 12.2 Å². The minimum Gasteiger partial charge on any atom is -0.478 e. The molecule has 0 aliphatic carbocycles. The van der Waals surface area contributed by atoms with Crippen molar-refractivity contribution in [2.75, 3.05) is 6.61 Å². The number of nitrogens with one attached hydrogen (secondary N) is 1. The fraction of sp³-hybridized carbons (Fsp3) is 0.259. The second-order valence-electron chi connectivity index (χ2n) is 8.06. The van der Waals surface area contributed by atoms with Crippen molar-refractivity contribution in [1.82, 2.24) is 10.3 Å². The average molecular weight is 461 g/mol. The van der Waals surface area contributed by atoms with Gasteiger partial charge in [0.05, 0.1) is 18.1 Å². The zero-order chi connectivity index (χ0) is 24.5. The van der Waals surface area contributed by atoms with Gasteiger partial charge in [0.25, 0.3) is 5.91 Å². The highest BCUT2D eigenvalue weighted by Crippen LogP contribution is 2.21. The van der Waals surface area contributed by atoms with Crippen LogP contribution in [0.4, 0.5) is 0 Å². The van der Waals surface area contributed by atoms with Crippen molar-refractivity contribution in [2.45, 2.75) is 32.7 Å². The maximum atomic E-state index is 12.9. The van der Waals surface area contributed by atoms with Crippen LogP contribution in [0.1, 0.15) is 46.7 Å². The maximum absolute atomic E-state index is 12.9. The summed E-state index contributed by atoms with van der Waals surface area (Å²) in [5.41, 5.74) is 3.17. The summed E-state index contributed by atoms with van der Waals surface area (Å²) in [5.74, 6) is -2.38. The van der Waals surface area contributed by atoms with Crippen molar-refractivity contribution in [3.05, 3.63) is 89.7 Å². The minimum absolute atomic E-state index is 0.00751. The highest BCUT2D eigenvalue weighted by atomic mass is 16.5. The second-order valence-corrected chi connectivity index (χ2v) is 8.06. The Morgan fingerprint density at radius 1 is 1.00 bits per heavy atom. The zero-order valence-corrected chi connectivity index (χ0v) is 19.2. The van der Waals surface area contributed by atoms with Crippen LogP contribution in [0.15, 0.2) is 72.9 Å². The lowest BCUT2D eigenvalue weighted by atomic mass is 9.94. The van der Waals surface area contributed by atoms with Gasteiger partial charge in [-0.2, -0.15) is 0 Å². The fourth-order valence-electron chi connectivity index (χ4n) is 3.70. The van der Waals surface area contributed by atoms with Crippen molar-refractivity contribution in [2.24, 2.45) is 5.92 Å². The molecule has 1 amide bonds. The molecule has 0 aliphatic heterocycles. The van der Waals surface area contributed by atoms with Gasteiger partial charge in [-0.25, -0.2) is 4.79 Å². The molecule has 176 valence electrons. The van der Waals surface area contributed by atoms with Gasteiger partial charge in [-0.15, -0.1) is 0 Å². The van der Waals surface area contributed by atoms with Gasteiger partial charge in [-0.05, 0) is 48.6 Å². The number of carbonyl (C=O) groups excluding carboxylic acids is 2. The molecule has 1 aromatic heterocycles. The number of carboxylic acids is 1. The molecular formula is C27H28N2O5. The van der Waals surface area contributed by atoms with E-state index in [1.165, 1.54) is 18.3 Å². The Morgan fingerprint density at radius 3 is 2.32 bits per heavy atom. The Balaban J connectivity index is 1.77. The lowest BCUT2D eigenvalue weighted by molar-refractivity contribution is -0.147. The summed E-state index contributed by atoms with van der Waals surface area (Å²) in [7, 11) is 0. The highest BCUT2D eigenvalue weighted by molar-refractivity contribution is 5.96. The van der Waals surface area contributed by atoms with E-state index in [4.69, 9.17) is 4.74 Å². The number of hydrogen-bond acceptors (Lipinski definition) is 5. The molecule has 7 heteroatoms. The van der Waals surface area contributed by atoms with E-state index in [0.717, 1.165) is 16.7 Å². The first kappa shape index (κ1) is 24.6. The van der Waals surface area contributed by atoms with Crippen LogP contribution >= 0.6 is 0 Å². The molecule has 2 atom stereocenters. The summed E-state index contributed by atoms with van der Waals surface area (Å²) < 4.78 is 5.12. The number of benzene rings is 2. The van der Waals surface area contributed by atoms with Crippen LogP contribution in [-0.2, 0) is 16.0 Å². The van der Waals surface area contributed by atoms with E-state index in [-0.39, 0.29) is 29.9 Å². The molecular weight excluding hydrogens is 432 g/mol. The predicted molar refractivity (Wildman–Crippen MR) is 128 cm³/mol. The number of rotatable bonds is 10. The summed E-state index contributed by atoms with van der Waals surface area (Å²) in [6, 6.07) is 20.2. The van der Waals surface area contributed by atoms with E-state index in [1.807, 2.05) is 54.6 Å². The molecule has 2 unspecified atom stereocenters. The second kappa shape index (κ2) is 11.7. The van der Waals surface area contributed by atoms with E-state index < -0.39 is 17.8 Å². The molecule has 0 bridgehead atoms. The van der Waals surface area contributed by atoms with Gasteiger partial charge >= 0.3 is 11.9 Å². The first-order chi connectivity index (χ1) is 16.4. The monoisotopic (exact) mass is 460 g/mol. The van der Waals surface area contributed by atoms with Crippen LogP contribution in [0.3, 0.4) is 0 Å². The fourth-order valence-corrected chi connectivity index (χ4v) is 3.70. The number of aromatic carboxylic acids is 1. The number of carboxylic acid groups (broad SMARTS) is 1. The van der Waals surface area contributed by atoms with Crippen molar-refractivity contribution in [3.63, 3.8) is 0 Å². The SMILES string of the molecule is CCOC(=O)C(C)CC(Cc1ccc(-c2ccccc2)cc1)NC(=O)c1cc(C(=O)O)ccn1. The Labute approximate surface area is 198 Å². The van der Waals surface area contributed by atoms with Gasteiger partial charge in [-0.1, -0.05) is 61.5 Å². The van der Waals surface area contributed by atoms with E-state index >= 15 is 0 Å². The molecule has 0 saturated carbocycles. The van der Waals surface area contributed by atoms with Crippen LogP contribution in [0.2, 0.25) is 0 Å². The molecule has 0 fully saturated rings. The first-order valence-corrected chi connectivity index (χ1v) is 11.2. The van der Waals surface area contributed by atoms with E-state index in [0.29, 0.717) is 12.8 Å². The van der Waals surface area contributed by atoms with Crippen molar-refractivity contribution in [3.8, 4) is 11.1 Å². The summed E-state index contributed by atoms with van der Waals surface area (Å²) in [4.78, 5) is 40.3. The first-order valence-electron chi connectivity index (χ1n) is 11.2. The van der Waals surface area contributed by atoms with Gasteiger partial charge in [0.1, 0.15) is 5.69 Å². The molecule has 2 aromatic carbocycles. The Bertz CT molecular complexity index is 1130. The number of nitrogens with zero attached hydrogens (tertiary/aromatic N) is 1. The quantitative estimate of drug-likeness (QED) is 0.435. The topological polar surface area (TPSA) is 106 Å². The van der Waals surface area contributed by atoms with Crippen LogP contribution in [-0.4, -0.2) is 40.6 Å². The van der Waals surface area contributed by atoms with Crippen LogP contribution in [0.5, 0.6) is 0 Å². The van der Waals surface area contributed by atoms with Gasteiger partial charge in [0.15, 0.2) is 0 Å². The Morgan fingerprint density at radius 2 is 1.68 bits per heavy atom. The van der Waals surface area contributed by atoms with Crippen molar-refractivity contribution >= 4 is 17.8 Å². The van der Waals surface area contributed by atoms with E-state index in [9.17, 15) is 19.5 Å². The van der Waals surface area contributed by atoms with Crippen LogP contribution < -0.4 is 5.32 Å². The number of hydrogen-bond donors (Lipinski definition) is 2. The van der Waals surface area contributed by atoms with E-state index in [1.54, 1.807) is 13.8 Å². The van der Waals surface area contributed by atoms with Crippen LogP contribution in [0.25, 0.3) is 11.1 Å². The maximum Gasteiger partial charge on any atom is 0.335 e. The summed E-state index contributed by atoms with van der Waals surface area (Å²) in [6.45, 7) is 3.80. The number of pyridine rings is 1. The molecule has 0 spiro atoms. The third-order valence-electron chi connectivity index (χ3n) is 5.44. The van der Waals surface area contributed by atoms with Gasteiger partial charge in [0.2, 0.25) is 0 Å². The Hall–Kier alpha value is -4.00. The summed E-state index contributed by atoms with van der Waals surface area (Å²) in [6.07, 6.45) is 2.14. The lowest BCUT2D eigenvalue weighted by Gasteiger charge is -2.22. The lowest BCUT2D eigenvalue weighted by Crippen LogP contribution is -2.39. The number of carbonyl (C=O) groups is 3. The van der Waals surface area contributed by atoms with Gasteiger partial charge in [-0.3, -0.25) is 14.6 Å². The van der Waals surface area contributed by atoms with Gasteiger partial charge < -0.3 is 15.2 Å². The van der Waals surface area contributed by atoms with Crippen molar-refractivity contribution in [1.29, 1.82) is 0 Å². The number of aromatic nitrogens is 1. The highest BCUT2D eigenvalue weighted by Gasteiger charge is 2.23. The predicted octanol–water partition coefficient (Wildman–Crippen LogP) is 4.38. The van der Waals surface area contributed by atoms with Crippen molar-refractivity contribution < 1.29 is 24.2 Å². The molecule has 0 aliphatic rings. The Kier molecular flexibility index (Phi) is 8.51. The summed E-state index contributed by atoms with van der Waals surface area (Å²) in [5, 5.41) is 12.1. The molecule has 7 nitrogen and oxygen atoms in total. The number of amides is 1. The molecule has 3 aromatic rings. The van der Waals surface area contributed by atoms with E-state index in [2.05, 4.69) is 10.3 Å². The molecule has 2 N–H and O–H groups in total. The minimum atomic E-state index is -1.14. The van der Waals surface area contributed by atoms with Crippen LogP contribution in [0, 0.1) is 5.92 Å². The average Bonchev–Trinajstić information content (AvgIpc) is 2.85. The number of ether oxygens (including phenoxy) is 1. The normalized spacial score (nSPS) is 12.4. The molecule has 0 radical (unpaired) electrons. The number of esters is 1. The largest absolute Gasteiger partial charge is 0.478 e. The zero-order valence-electron chi connectivity index (χ0n) is 19.2. The molecule has 0 saturated heterocycles. The summed E-state index contributed by atoms with van der Waals surface area (Å²) >= 11 is 0. The molecule has 3 rings (SSSR count). The third-order valence-corrected chi connectivity index (χ3v) is 5.44. The standard InChI is InChI=1S/C27H28N2O5/c1-3-34-27(33)18(2)15-23(29-25(30)24-17-22(26(31)32)13-14-28-24)16-19-9-11-21(12-10-19)20-7-5-4-6-8-20/h4-14,17-18,23H,3,15-16H2,1-2H3,(H,29,30)(H,31,32). The third kappa shape index (κ3) is 6.75. The molecule has 1 heterocycles.